The van der Waals surface area contributed by atoms with Gasteiger partial charge in [-0.2, -0.15) is 5.10 Å². The molecule has 2 heterocycles. The predicted molar refractivity (Wildman–Crippen MR) is 110 cm³/mol. The monoisotopic (exact) mass is 372 g/mol. The van der Waals surface area contributed by atoms with Crippen LogP contribution < -0.4 is 4.90 Å². The molecule has 2 aliphatic rings. The van der Waals surface area contributed by atoms with E-state index in [0.29, 0.717) is 11.6 Å². The third kappa shape index (κ3) is 3.28. The van der Waals surface area contributed by atoms with Crippen LogP contribution in [0.15, 0.2) is 66.7 Å². The molecule has 142 valence electrons. The topological polar surface area (TPSA) is 41.4 Å². The quantitative estimate of drug-likeness (QED) is 0.701. The smallest absolute Gasteiger partial charge is 0.272 e. The summed E-state index contributed by atoms with van der Waals surface area (Å²) in [4.78, 5) is 17.6. The minimum absolute atomic E-state index is 0.0796. The number of aromatic nitrogens is 2. The van der Waals surface area contributed by atoms with Crippen molar-refractivity contribution in [2.75, 3.05) is 31.1 Å². The molecule has 0 spiro atoms. The van der Waals surface area contributed by atoms with Crippen molar-refractivity contribution in [2.24, 2.45) is 0 Å². The number of amides is 1. The number of benzene rings is 2. The summed E-state index contributed by atoms with van der Waals surface area (Å²) in [6.07, 6.45) is 2.35. The van der Waals surface area contributed by atoms with Crippen LogP contribution in [0.25, 0.3) is 5.69 Å². The zero-order valence-corrected chi connectivity index (χ0v) is 15.9. The van der Waals surface area contributed by atoms with Gasteiger partial charge in [-0.15, -0.1) is 0 Å². The largest absolute Gasteiger partial charge is 0.368 e. The van der Waals surface area contributed by atoms with Gasteiger partial charge in [0.05, 0.1) is 11.4 Å². The zero-order chi connectivity index (χ0) is 18.9. The van der Waals surface area contributed by atoms with Gasteiger partial charge in [0.15, 0.2) is 0 Å². The molecule has 1 saturated heterocycles. The molecule has 5 rings (SSSR count). The van der Waals surface area contributed by atoms with Crippen molar-refractivity contribution < 1.29 is 4.79 Å². The summed E-state index contributed by atoms with van der Waals surface area (Å²) < 4.78 is 1.83. The van der Waals surface area contributed by atoms with Gasteiger partial charge in [0.1, 0.15) is 5.69 Å². The number of rotatable bonds is 4. The molecule has 0 N–H and O–H groups in total. The molecule has 0 bridgehead atoms. The van der Waals surface area contributed by atoms with Crippen molar-refractivity contribution in [3.63, 3.8) is 0 Å². The van der Waals surface area contributed by atoms with Gasteiger partial charge in [0.25, 0.3) is 5.91 Å². The van der Waals surface area contributed by atoms with Gasteiger partial charge < -0.3 is 9.80 Å². The van der Waals surface area contributed by atoms with E-state index in [1.54, 1.807) is 0 Å². The SMILES string of the molecule is O=C(c1cc(C2CC2)nn1-c1ccccc1)N1CCN(c2ccccc2)CC1. The molecular formula is C23H24N4O. The van der Waals surface area contributed by atoms with E-state index in [9.17, 15) is 4.79 Å². The molecule has 5 heteroatoms. The number of hydrogen-bond acceptors (Lipinski definition) is 3. The highest BCUT2D eigenvalue weighted by Gasteiger charge is 2.31. The Balaban J connectivity index is 1.37. The van der Waals surface area contributed by atoms with Gasteiger partial charge in [0, 0.05) is 37.8 Å². The second kappa shape index (κ2) is 7.15. The van der Waals surface area contributed by atoms with Gasteiger partial charge in [-0.3, -0.25) is 4.79 Å². The first-order chi connectivity index (χ1) is 13.8. The van der Waals surface area contributed by atoms with E-state index in [1.165, 1.54) is 18.5 Å². The fraction of sp³-hybridized carbons (Fsp3) is 0.304. The van der Waals surface area contributed by atoms with E-state index in [-0.39, 0.29) is 5.91 Å². The lowest BCUT2D eigenvalue weighted by molar-refractivity contribution is 0.0737. The summed E-state index contributed by atoms with van der Waals surface area (Å²) in [5.41, 5.74) is 3.90. The molecular weight excluding hydrogens is 348 g/mol. The van der Waals surface area contributed by atoms with E-state index < -0.39 is 0 Å². The van der Waals surface area contributed by atoms with Gasteiger partial charge in [-0.1, -0.05) is 36.4 Å². The molecule has 0 atom stereocenters. The van der Waals surface area contributed by atoms with Crippen molar-refractivity contribution in [2.45, 2.75) is 18.8 Å². The molecule has 28 heavy (non-hydrogen) atoms. The molecule has 1 aromatic heterocycles. The number of para-hydroxylation sites is 2. The molecule has 0 unspecified atom stereocenters. The fourth-order valence-corrected chi connectivity index (χ4v) is 3.86. The van der Waals surface area contributed by atoms with Crippen LogP contribution >= 0.6 is 0 Å². The van der Waals surface area contributed by atoms with Crippen LogP contribution in [-0.2, 0) is 0 Å². The Morgan fingerprint density at radius 2 is 1.43 bits per heavy atom. The predicted octanol–water partition coefficient (Wildman–Crippen LogP) is 3.71. The second-order valence-electron chi connectivity index (χ2n) is 7.59. The van der Waals surface area contributed by atoms with Crippen molar-refractivity contribution in [1.82, 2.24) is 14.7 Å². The molecule has 2 aromatic carbocycles. The first-order valence-electron chi connectivity index (χ1n) is 10.0. The Morgan fingerprint density at radius 1 is 0.821 bits per heavy atom. The third-order valence-corrected chi connectivity index (χ3v) is 5.63. The summed E-state index contributed by atoms with van der Waals surface area (Å²) in [6.45, 7) is 3.16. The maximum atomic E-state index is 13.3. The van der Waals surface area contributed by atoms with Crippen LogP contribution in [0.2, 0.25) is 0 Å². The fourth-order valence-electron chi connectivity index (χ4n) is 3.86. The van der Waals surface area contributed by atoms with Gasteiger partial charge in [0.2, 0.25) is 0 Å². The van der Waals surface area contributed by atoms with Crippen LogP contribution in [0, 0.1) is 0 Å². The summed E-state index contributed by atoms with van der Waals surface area (Å²) >= 11 is 0. The second-order valence-corrected chi connectivity index (χ2v) is 7.59. The average Bonchev–Trinajstić information content (AvgIpc) is 3.53. The van der Waals surface area contributed by atoms with Crippen molar-refractivity contribution in [3.05, 3.63) is 78.1 Å². The minimum Gasteiger partial charge on any atom is -0.368 e. The van der Waals surface area contributed by atoms with Crippen LogP contribution in [-0.4, -0.2) is 46.8 Å². The standard InChI is InChI=1S/C23H24N4O/c28-23(26-15-13-25(14-16-26)19-7-3-1-4-8-19)22-17-21(18-11-12-18)24-27(22)20-9-5-2-6-10-20/h1-10,17-18H,11-16H2. The van der Waals surface area contributed by atoms with Crippen molar-refractivity contribution >= 4 is 11.6 Å². The molecule has 5 nitrogen and oxygen atoms in total. The lowest BCUT2D eigenvalue weighted by Gasteiger charge is -2.36. The van der Waals surface area contributed by atoms with Gasteiger partial charge in [-0.05, 0) is 43.2 Å². The maximum Gasteiger partial charge on any atom is 0.272 e. The highest BCUT2D eigenvalue weighted by Crippen LogP contribution is 2.40. The van der Waals surface area contributed by atoms with Crippen molar-refractivity contribution in [3.8, 4) is 5.69 Å². The van der Waals surface area contributed by atoms with Crippen LogP contribution in [0.1, 0.15) is 34.9 Å². The Labute approximate surface area is 165 Å². The van der Waals surface area contributed by atoms with E-state index >= 15 is 0 Å². The van der Waals surface area contributed by atoms with Gasteiger partial charge >= 0.3 is 0 Å². The summed E-state index contributed by atoms with van der Waals surface area (Å²) in [5, 5.41) is 4.78. The lowest BCUT2D eigenvalue weighted by Crippen LogP contribution is -2.49. The van der Waals surface area contributed by atoms with Crippen LogP contribution in [0.4, 0.5) is 5.69 Å². The molecule has 1 amide bonds. The molecule has 1 saturated carbocycles. The lowest BCUT2D eigenvalue weighted by atomic mass is 10.2. The Bertz CT molecular complexity index is 955. The average molecular weight is 372 g/mol. The highest BCUT2D eigenvalue weighted by molar-refractivity contribution is 5.93. The molecule has 1 aliphatic heterocycles. The molecule has 3 aromatic rings. The Morgan fingerprint density at radius 3 is 2.04 bits per heavy atom. The third-order valence-electron chi connectivity index (χ3n) is 5.63. The number of piperazine rings is 1. The highest BCUT2D eigenvalue weighted by atomic mass is 16.2. The number of carbonyl (C=O) groups is 1. The van der Waals surface area contributed by atoms with Crippen LogP contribution in [0.5, 0.6) is 0 Å². The number of hydrogen-bond donors (Lipinski definition) is 0. The van der Waals surface area contributed by atoms with E-state index in [1.807, 2.05) is 52.0 Å². The first-order valence-corrected chi connectivity index (χ1v) is 10.0. The number of nitrogens with zero attached hydrogens (tertiary/aromatic N) is 4. The summed E-state index contributed by atoms with van der Waals surface area (Å²) in [7, 11) is 0. The van der Waals surface area contributed by atoms with Crippen molar-refractivity contribution in [1.29, 1.82) is 0 Å². The van der Waals surface area contributed by atoms with E-state index in [2.05, 4.69) is 29.2 Å². The molecule has 0 radical (unpaired) electrons. The Hall–Kier alpha value is -3.08. The molecule has 1 aliphatic carbocycles. The first kappa shape index (κ1) is 17.0. The normalized spacial score (nSPS) is 17.0. The van der Waals surface area contributed by atoms with E-state index in [4.69, 9.17) is 5.10 Å². The summed E-state index contributed by atoms with van der Waals surface area (Å²) in [6, 6.07) is 22.4. The Kier molecular flexibility index (Phi) is 4.35. The minimum atomic E-state index is 0.0796. The number of anilines is 1. The summed E-state index contributed by atoms with van der Waals surface area (Å²) in [5.74, 6) is 0.599. The number of carbonyl (C=O) groups excluding carboxylic acids is 1. The maximum absolute atomic E-state index is 13.3. The zero-order valence-electron chi connectivity index (χ0n) is 15.9. The van der Waals surface area contributed by atoms with Crippen LogP contribution in [0.3, 0.4) is 0 Å². The van der Waals surface area contributed by atoms with Gasteiger partial charge in [-0.25, -0.2) is 4.68 Å². The van der Waals surface area contributed by atoms with E-state index in [0.717, 1.165) is 37.6 Å². The molecule has 2 fully saturated rings.